The van der Waals surface area contributed by atoms with Gasteiger partial charge in [-0.3, -0.25) is 15.0 Å². The Kier molecular flexibility index (Phi) is 4.02. The molecule has 4 N–H and O–H groups in total. The Morgan fingerprint density at radius 1 is 1.43 bits per heavy atom. The fourth-order valence-corrected chi connectivity index (χ4v) is 1.31. The summed E-state index contributed by atoms with van der Waals surface area (Å²) in [7, 11) is 0. The van der Waals surface area contributed by atoms with Gasteiger partial charge in [0, 0.05) is 24.4 Å². The normalized spacial score (nSPS) is 9.50. The van der Waals surface area contributed by atoms with Crippen molar-refractivity contribution in [1.29, 1.82) is 0 Å². The van der Waals surface area contributed by atoms with Gasteiger partial charge in [0.15, 0.2) is 5.13 Å². The Labute approximate surface area is 84.5 Å². The summed E-state index contributed by atoms with van der Waals surface area (Å²) < 4.78 is 0. The number of thiazole rings is 1. The highest BCUT2D eigenvalue weighted by molar-refractivity contribution is 7.13. The number of rotatable bonds is 4. The van der Waals surface area contributed by atoms with Gasteiger partial charge in [0.1, 0.15) is 0 Å². The van der Waals surface area contributed by atoms with Crippen molar-refractivity contribution in [2.24, 2.45) is 5.84 Å². The number of nitrogens with zero attached hydrogens (tertiary/aromatic N) is 1. The lowest BCUT2D eigenvalue weighted by Gasteiger charge is -2.00. The first-order valence-electron chi connectivity index (χ1n) is 3.91. The van der Waals surface area contributed by atoms with Crippen molar-refractivity contribution in [3.63, 3.8) is 0 Å². The summed E-state index contributed by atoms with van der Waals surface area (Å²) in [5, 5.41) is 4.83. The van der Waals surface area contributed by atoms with Gasteiger partial charge in [0.05, 0.1) is 0 Å². The molecule has 0 saturated heterocycles. The van der Waals surface area contributed by atoms with Crippen molar-refractivity contribution in [2.75, 3.05) is 5.32 Å². The zero-order valence-corrected chi connectivity index (χ0v) is 8.13. The molecule has 0 aliphatic heterocycles. The number of hydrogen-bond donors (Lipinski definition) is 3. The molecule has 0 aliphatic rings. The summed E-state index contributed by atoms with van der Waals surface area (Å²) >= 11 is 1.32. The molecule has 1 heterocycles. The number of nitrogens with two attached hydrogens (primary N) is 1. The van der Waals surface area contributed by atoms with Gasteiger partial charge in [0.2, 0.25) is 11.8 Å². The first kappa shape index (κ1) is 10.6. The topological polar surface area (TPSA) is 97.1 Å². The van der Waals surface area contributed by atoms with Gasteiger partial charge in [-0.25, -0.2) is 10.8 Å². The molecule has 0 saturated carbocycles. The summed E-state index contributed by atoms with van der Waals surface area (Å²) in [4.78, 5) is 25.7. The van der Waals surface area contributed by atoms with Crippen LogP contribution in [-0.4, -0.2) is 16.8 Å². The van der Waals surface area contributed by atoms with Crippen LogP contribution in [0.1, 0.15) is 12.8 Å². The second kappa shape index (κ2) is 5.30. The Balaban J connectivity index is 2.26. The number of amides is 2. The Hall–Kier alpha value is -1.47. The average molecular weight is 214 g/mol. The van der Waals surface area contributed by atoms with E-state index < -0.39 is 0 Å². The molecule has 0 unspecified atom stereocenters. The number of hydrazine groups is 1. The molecule has 76 valence electrons. The molecule has 0 atom stereocenters. The molecule has 1 aromatic heterocycles. The van der Waals surface area contributed by atoms with Crippen LogP contribution in [0.25, 0.3) is 0 Å². The van der Waals surface area contributed by atoms with Gasteiger partial charge in [0.25, 0.3) is 0 Å². The SMILES string of the molecule is NNC(=O)CCC(=O)Nc1nccs1. The average Bonchev–Trinajstić information content (AvgIpc) is 2.66. The Morgan fingerprint density at radius 3 is 2.71 bits per heavy atom. The maximum Gasteiger partial charge on any atom is 0.234 e. The molecule has 0 fully saturated rings. The quantitative estimate of drug-likeness (QED) is 0.369. The van der Waals surface area contributed by atoms with Crippen LogP contribution < -0.4 is 16.6 Å². The van der Waals surface area contributed by atoms with Crippen LogP contribution in [-0.2, 0) is 9.59 Å². The monoisotopic (exact) mass is 214 g/mol. The van der Waals surface area contributed by atoms with E-state index in [2.05, 4.69) is 10.3 Å². The summed E-state index contributed by atoms with van der Waals surface area (Å²) in [6.07, 6.45) is 1.77. The van der Waals surface area contributed by atoms with E-state index in [1.165, 1.54) is 11.3 Å². The third-order valence-electron chi connectivity index (χ3n) is 1.42. The first-order chi connectivity index (χ1) is 6.72. The van der Waals surface area contributed by atoms with Crippen LogP contribution >= 0.6 is 11.3 Å². The van der Waals surface area contributed by atoms with E-state index in [-0.39, 0.29) is 24.7 Å². The minimum Gasteiger partial charge on any atom is -0.302 e. The zero-order valence-electron chi connectivity index (χ0n) is 7.32. The van der Waals surface area contributed by atoms with E-state index in [1.807, 2.05) is 5.43 Å². The molecule has 0 radical (unpaired) electrons. The molecule has 7 heteroatoms. The largest absolute Gasteiger partial charge is 0.302 e. The highest BCUT2D eigenvalue weighted by atomic mass is 32.1. The van der Waals surface area contributed by atoms with Crippen LogP contribution in [0, 0.1) is 0 Å². The number of carbonyl (C=O) groups excluding carboxylic acids is 2. The third kappa shape index (κ3) is 3.50. The van der Waals surface area contributed by atoms with E-state index in [1.54, 1.807) is 11.6 Å². The molecule has 2 amide bonds. The highest BCUT2D eigenvalue weighted by Gasteiger charge is 2.06. The smallest absolute Gasteiger partial charge is 0.234 e. The Morgan fingerprint density at radius 2 is 2.14 bits per heavy atom. The maximum atomic E-state index is 11.2. The molecule has 1 rings (SSSR count). The standard InChI is InChI=1S/C7H10N4O2S/c8-11-6(13)2-1-5(12)10-7-9-3-4-14-7/h3-4H,1-2,8H2,(H,11,13)(H,9,10,12). The van der Waals surface area contributed by atoms with Gasteiger partial charge in [-0.2, -0.15) is 0 Å². The number of carbonyl (C=O) groups is 2. The van der Waals surface area contributed by atoms with Crippen LogP contribution in [0.4, 0.5) is 5.13 Å². The van der Waals surface area contributed by atoms with Gasteiger partial charge < -0.3 is 5.32 Å². The molecule has 6 nitrogen and oxygen atoms in total. The van der Waals surface area contributed by atoms with Crippen molar-refractivity contribution in [3.05, 3.63) is 11.6 Å². The first-order valence-corrected chi connectivity index (χ1v) is 4.79. The second-order valence-electron chi connectivity index (χ2n) is 2.45. The Bertz CT molecular complexity index is 311. The number of nitrogens with one attached hydrogen (secondary N) is 2. The summed E-state index contributed by atoms with van der Waals surface area (Å²) in [6.45, 7) is 0. The molecular weight excluding hydrogens is 204 g/mol. The predicted molar refractivity (Wildman–Crippen MR) is 52.3 cm³/mol. The van der Waals surface area contributed by atoms with Crippen molar-refractivity contribution < 1.29 is 9.59 Å². The fourth-order valence-electron chi connectivity index (χ4n) is 0.766. The lowest BCUT2D eigenvalue weighted by Crippen LogP contribution is -2.30. The molecule has 0 aliphatic carbocycles. The van der Waals surface area contributed by atoms with Gasteiger partial charge in [-0.1, -0.05) is 0 Å². The zero-order chi connectivity index (χ0) is 10.4. The summed E-state index contributed by atoms with van der Waals surface area (Å²) in [6, 6.07) is 0. The molecule has 14 heavy (non-hydrogen) atoms. The van der Waals surface area contributed by atoms with Crippen LogP contribution in [0.5, 0.6) is 0 Å². The van der Waals surface area contributed by atoms with E-state index in [0.29, 0.717) is 5.13 Å². The lowest BCUT2D eigenvalue weighted by molar-refractivity contribution is -0.124. The third-order valence-corrected chi connectivity index (χ3v) is 2.11. The molecule has 0 bridgehead atoms. The van der Waals surface area contributed by atoms with E-state index in [0.717, 1.165) is 0 Å². The summed E-state index contributed by atoms with van der Waals surface area (Å²) in [5.41, 5.74) is 1.95. The number of hydrogen-bond acceptors (Lipinski definition) is 5. The number of anilines is 1. The molecule has 0 spiro atoms. The van der Waals surface area contributed by atoms with Gasteiger partial charge in [-0.15, -0.1) is 11.3 Å². The van der Waals surface area contributed by atoms with Crippen LogP contribution in [0.3, 0.4) is 0 Å². The van der Waals surface area contributed by atoms with Gasteiger partial charge >= 0.3 is 0 Å². The maximum absolute atomic E-state index is 11.2. The highest BCUT2D eigenvalue weighted by Crippen LogP contribution is 2.10. The summed E-state index contributed by atoms with van der Waals surface area (Å²) in [5.74, 6) is 4.24. The second-order valence-corrected chi connectivity index (χ2v) is 3.35. The predicted octanol–water partition coefficient (Wildman–Crippen LogP) is -0.148. The lowest BCUT2D eigenvalue weighted by atomic mass is 10.3. The van der Waals surface area contributed by atoms with E-state index in [9.17, 15) is 9.59 Å². The minimum atomic E-state index is -0.362. The van der Waals surface area contributed by atoms with Crippen molar-refractivity contribution >= 4 is 28.3 Å². The minimum absolute atomic E-state index is 0.0771. The molecule has 0 aromatic carbocycles. The van der Waals surface area contributed by atoms with Crippen molar-refractivity contribution in [2.45, 2.75) is 12.8 Å². The van der Waals surface area contributed by atoms with Crippen LogP contribution in [0.2, 0.25) is 0 Å². The number of aromatic nitrogens is 1. The van der Waals surface area contributed by atoms with Crippen molar-refractivity contribution in [1.82, 2.24) is 10.4 Å². The van der Waals surface area contributed by atoms with E-state index in [4.69, 9.17) is 5.84 Å². The van der Waals surface area contributed by atoms with Gasteiger partial charge in [-0.05, 0) is 0 Å². The van der Waals surface area contributed by atoms with E-state index >= 15 is 0 Å². The molecular formula is C7H10N4O2S. The van der Waals surface area contributed by atoms with Crippen molar-refractivity contribution in [3.8, 4) is 0 Å². The molecule has 1 aromatic rings. The fraction of sp³-hybridized carbons (Fsp3) is 0.286. The van der Waals surface area contributed by atoms with Crippen LogP contribution in [0.15, 0.2) is 11.6 Å².